The van der Waals surface area contributed by atoms with Crippen molar-refractivity contribution in [1.29, 1.82) is 0 Å². The minimum Gasteiger partial charge on any atom is -0.392 e. The van der Waals surface area contributed by atoms with Crippen LogP contribution in [0.3, 0.4) is 0 Å². The molecule has 50 valence electrons. The van der Waals surface area contributed by atoms with E-state index >= 15 is 0 Å². The third kappa shape index (κ3) is 1.22. The lowest BCUT2D eigenvalue weighted by molar-refractivity contribution is 0.328. The van der Waals surface area contributed by atoms with Crippen molar-refractivity contribution >= 4 is 0 Å². The highest BCUT2D eigenvalue weighted by atomic mass is 16.3. The van der Waals surface area contributed by atoms with Crippen LogP contribution in [0.4, 0.5) is 0 Å². The highest BCUT2D eigenvalue weighted by molar-refractivity contribution is 5.36. The number of aliphatic hydroxyl groups excluding tert-OH is 1. The Bertz CT molecular complexity index is 175. The highest BCUT2D eigenvalue weighted by Crippen LogP contribution is 2.23. The van der Waals surface area contributed by atoms with E-state index in [0.29, 0.717) is 0 Å². The van der Waals surface area contributed by atoms with Crippen molar-refractivity contribution in [2.75, 3.05) is 6.61 Å². The van der Waals surface area contributed by atoms with Gasteiger partial charge in [0.1, 0.15) is 0 Å². The Labute approximate surface area is 55.7 Å². The summed E-state index contributed by atoms with van der Waals surface area (Å²) in [5.74, 6) is 0. The fourth-order valence-electron chi connectivity index (χ4n) is 1.18. The molecule has 0 fully saturated rings. The molecule has 0 radical (unpaired) electrons. The van der Waals surface area contributed by atoms with E-state index in [1.54, 1.807) is 0 Å². The van der Waals surface area contributed by atoms with Gasteiger partial charge >= 0.3 is 0 Å². The van der Waals surface area contributed by atoms with E-state index in [2.05, 4.69) is 13.0 Å². The smallest absolute Gasteiger partial charge is 0.0650 e. The van der Waals surface area contributed by atoms with Crippen molar-refractivity contribution in [1.82, 2.24) is 0 Å². The molecule has 0 saturated carbocycles. The SMILES string of the molecule is CC1=CC(C)=C(CO)C1. The zero-order chi connectivity index (χ0) is 6.85. The van der Waals surface area contributed by atoms with Gasteiger partial charge in [-0.25, -0.2) is 0 Å². The lowest BCUT2D eigenvalue weighted by Gasteiger charge is -1.96. The van der Waals surface area contributed by atoms with Crippen molar-refractivity contribution in [3.05, 3.63) is 22.8 Å². The van der Waals surface area contributed by atoms with Crippen LogP contribution in [-0.2, 0) is 0 Å². The monoisotopic (exact) mass is 124 g/mol. The van der Waals surface area contributed by atoms with Crippen LogP contribution in [0.15, 0.2) is 22.8 Å². The van der Waals surface area contributed by atoms with E-state index in [-0.39, 0.29) is 6.61 Å². The molecule has 0 atom stereocenters. The number of hydrogen-bond acceptors (Lipinski definition) is 1. The molecule has 9 heavy (non-hydrogen) atoms. The van der Waals surface area contributed by atoms with Crippen LogP contribution in [0.1, 0.15) is 20.3 Å². The quantitative estimate of drug-likeness (QED) is 0.563. The number of hydrogen-bond donors (Lipinski definition) is 1. The van der Waals surface area contributed by atoms with Gasteiger partial charge in [0.2, 0.25) is 0 Å². The standard InChI is InChI=1S/C8H12O/c1-6-3-7(2)8(4-6)5-9/h3,9H,4-5H2,1-2H3. The molecule has 0 aromatic heterocycles. The normalized spacial score (nSPS) is 18.8. The van der Waals surface area contributed by atoms with Gasteiger partial charge in [0.05, 0.1) is 6.61 Å². The summed E-state index contributed by atoms with van der Waals surface area (Å²) < 4.78 is 0. The number of allylic oxidation sites excluding steroid dienone is 3. The van der Waals surface area contributed by atoms with Crippen molar-refractivity contribution < 1.29 is 5.11 Å². The molecular formula is C8H12O. The van der Waals surface area contributed by atoms with Crippen LogP contribution < -0.4 is 0 Å². The predicted octanol–water partition coefficient (Wildman–Crippen LogP) is 1.65. The van der Waals surface area contributed by atoms with Crippen LogP contribution >= 0.6 is 0 Å². The van der Waals surface area contributed by atoms with E-state index in [0.717, 1.165) is 6.42 Å². The first-order valence-electron chi connectivity index (χ1n) is 3.20. The van der Waals surface area contributed by atoms with Crippen LogP contribution in [0, 0.1) is 0 Å². The molecule has 1 nitrogen and oxygen atoms in total. The topological polar surface area (TPSA) is 20.2 Å². The first-order chi connectivity index (χ1) is 4.24. The second kappa shape index (κ2) is 2.36. The van der Waals surface area contributed by atoms with Gasteiger partial charge < -0.3 is 5.11 Å². The Kier molecular flexibility index (Phi) is 1.72. The number of rotatable bonds is 1. The fourth-order valence-corrected chi connectivity index (χ4v) is 1.18. The molecule has 0 heterocycles. The third-order valence-corrected chi connectivity index (χ3v) is 1.70. The molecule has 0 aliphatic heterocycles. The van der Waals surface area contributed by atoms with E-state index in [1.807, 2.05) is 6.92 Å². The largest absolute Gasteiger partial charge is 0.392 e. The molecule has 1 aliphatic carbocycles. The molecule has 0 aromatic carbocycles. The molecule has 1 rings (SSSR count). The fraction of sp³-hybridized carbons (Fsp3) is 0.500. The maximum Gasteiger partial charge on any atom is 0.0650 e. The van der Waals surface area contributed by atoms with Gasteiger partial charge in [0.15, 0.2) is 0 Å². The van der Waals surface area contributed by atoms with Gasteiger partial charge in [-0.15, -0.1) is 0 Å². The van der Waals surface area contributed by atoms with Crippen molar-refractivity contribution in [3.63, 3.8) is 0 Å². The Hall–Kier alpha value is -0.560. The second-order valence-electron chi connectivity index (χ2n) is 2.61. The van der Waals surface area contributed by atoms with Crippen LogP contribution in [0.25, 0.3) is 0 Å². The summed E-state index contributed by atoms with van der Waals surface area (Å²) in [7, 11) is 0. The maximum absolute atomic E-state index is 8.76. The third-order valence-electron chi connectivity index (χ3n) is 1.70. The zero-order valence-corrected chi connectivity index (χ0v) is 5.94. The van der Waals surface area contributed by atoms with Gasteiger partial charge in [-0.3, -0.25) is 0 Å². The summed E-state index contributed by atoms with van der Waals surface area (Å²) >= 11 is 0. The average molecular weight is 124 g/mol. The summed E-state index contributed by atoms with van der Waals surface area (Å²) in [5.41, 5.74) is 3.78. The molecule has 0 bridgehead atoms. The summed E-state index contributed by atoms with van der Waals surface area (Å²) in [6.45, 7) is 4.36. The Balaban J connectivity index is 2.72. The Morgan fingerprint density at radius 2 is 2.22 bits per heavy atom. The molecule has 0 amide bonds. The van der Waals surface area contributed by atoms with Gasteiger partial charge in [-0.2, -0.15) is 0 Å². The molecule has 0 saturated heterocycles. The zero-order valence-electron chi connectivity index (χ0n) is 5.94. The first-order valence-corrected chi connectivity index (χ1v) is 3.20. The maximum atomic E-state index is 8.76. The Morgan fingerprint density at radius 1 is 1.56 bits per heavy atom. The van der Waals surface area contributed by atoms with Crippen molar-refractivity contribution in [2.24, 2.45) is 0 Å². The van der Waals surface area contributed by atoms with Gasteiger partial charge in [-0.05, 0) is 31.4 Å². The van der Waals surface area contributed by atoms with Gasteiger partial charge in [0.25, 0.3) is 0 Å². The summed E-state index contributed by atoms with van der Waals surface area (Å²) in [6.07, 6.45) is 3.11. The Morgan fingerprint density at radius 3 is 2.44 bits per heavy atom. The molecule has 1 aliphatic rings. The van der Waals surface area contributed by atoms with Crippen LogP contribution in [-0.4, -0.2) is 11.7 Å². The minimum atomic E-state index is 0.222. The summed E-state index contributed by atoms with van der Waals surface area (Å²) in [4.78, 5) is 0. The van der Waals surface area contributed by atoms with Gasteiger partial charge in [-0.1, -0.05) is 11.6 Å². The highest BCUT2D eigenvalue weighted by Gasteiger charge is 2.07. The second-order valence-corrected chi connectivity index (χ2v) is 2.61. The summed E-state index contributed by atoms with van der Waals surface area (Å²) in [5, 5.41) is 8.76. The van der Waals surface area contributed by atoms with E-state index in [9.17, 15) is 0 Å². The molecule has 0 unspecified atom stereocenters. The first kappa shape index (κ1) is 6.56. The van der Waals surface area contributed by atoms with Gasteiger partial charge in [0, 0.05) is 0 Å². The number of aliphatic hydroxyl groups is 1. The van der Waals surface area contributed by atoms with E-state index < -0.39 is 0 Å². The van der Waals surface area contributed by atoms with E-state index in [4.69, 9.17) is 5.11 Å². The molecular weight excluding hydrogens is 112 g/mol. The summed E-state index contributed by atoms with van der Waals surface area (Å²) in [6, 6.07) is 0. The van der Waals surface area contributed by atoms with Crippen molar-refractivity contribution in [3.8, 4) is 0 Å². The van der Waals surface area contributed by atoms with Crippen LogP contribution in [0.5, 0.6) is 0 Å². The molecule has 0 spiro atoms. The minimum absolute atomic E-state index is 0.222. The average Bonchev–Trinajstić information content (AvgIpc) is 2.10. The van der Waals surface area contributed by atoms with E-state index in [1.165, 1.54) is 16.7 Å². The van der Waals surface area contributed by atoms with Crippen molar-refractivity contribution in [2.45, 2.75) is 20.3 Å². The lowest BCUT2D eigenvalue weighted by atomic mass is 10.1. The predicted molar refractivity (Wildman–Crippen MR) is 38.2 cm³/mol. The molecule has 0 aromatic rings. The molecule has 1 N–H and O–H groups in total. The molecule has 1 heteroatoms. The van der Waals surface area contributed by atoms with Crippen LogP contribution in [0.2, 0.25) is 0 Å². The lowest BCUT2D eigenvalue weighted by Crippen LogP contribution is -1.88.